The topological polar surface area (TPSA) is 78.9 Å². The van der Waals surface area contributed by atoms with Gasteiger partial charge in [0.2, 0.25) is 0 Å². The van der Waals surface area contributed by atoms with Crippen LogP contribution >= 0.6 is 0 Å². The van der Waals surface area contributed by atoms with E-state index in [0.717, 1.165) is 109 Å². The molecule has 0 aliphatic heterocycles. The fourth-order valence-electron chi connectivity index (χ4n) is 8.34. The predicted molar refractivity (Wildman–Crippen MR) is 307 cm³/mol. The third-order valence-electron chi connectivity index (χ3n) is 12.9. The van der Waals surface area contributed by atoms with Crippen LogP contribution in [0.4, 0.5) is 0 Å². The van der Waals surface area contributed by atoms with Crippen molar-refractivity contribution in [1.29, 1.82) is 0 Å². The summed E-state index contributed by atoms with van der Waals surface area (Å²) >= 11 is 0. The Labute approximate surface area is 439 Å². The van der Waals surface area contributed by atoms with Gasteiger partial charge >= 0.3 is 17.9 Å². The number of ether oxygens (including phenoxy) is 3. The second-order valence-electron chi connectivity index (χ2n) is 19.9. The number of hydrogen-bond donors (Lipinski definition) is 0. The van der Waals surface area contributed by atoms with Crippen LogP contribution in [-0.4, -0.2) is 37.2 Å². The molecule has 0 aliphatic rings. The Bertz CT molecular complexity index is 1370. The highest BCUT2D eigenvalue weighted by Gasteiger charge is 2.19. The van der Waals surface area contributed by atoms with Crippen LogP contribution in [0.5, 0.6) is 0 Å². The Morgan fingerprint density at radius 2 is 0.549 bits per heavy atom. The standard InChI is InChI=1S/C65H112O6/c1-4-7-10-13-16-19-22-25-28-30-32-34-37-40-43-46-49-52-55-58-64(67)70-61-62(60-69-63(66)57-54-51-48-45-42-39-36-27-24-21-18-15-12-9-6-3)71-65(68)59-56-53-50-47-44-41-38-35-33-31-29-26-23-20-17-14-11-8-5-2/h9,12,16-21,25-29,36,62H,4-8,10-11,13-15,22-24,30-35,37-61H2,1-3H3/b12-9-,19-16-,20-17-,21-18-,28-25-,29-26-,36-27-. The Morgan fingerprint density at radius 1 is 0.296 bits per heavy atom. The van der Waals surface area contributed by atoms with Crippen molar-refractivity contribution in [3.8, 4) is 0 Å². The molecular weight excluding hydrogens is 877 g/mol. The fourth-order valence-corrected chi connectivity index (χ4v) is 8.34. The normalized spacial score (nSPS) is 12.7. The molecule has 0 spiro atoms. The first-order valence-corrected chi connectivity index (χ1v) is 30.1. The van der Waals surface area contributed by atoms with Gasteiger partial charge in [0.25, 0.3) is 0 Å². The average Bonchev–Trinajstić information content (AvgIpc) is 3.37. The van der Waals surface area contributed by atoms with Gasteiger partial charge in [-0.1, -0.05) is 241 Å². The van der Waals surface area contributed by atoms with Crippen molar-refractivity contribution < 1.29 is 28.6 Å². The largest absolute Gasteiger partial charge is 0.462 e. The second kappa shape index (κ2) is 59.2. The van der Waals surface area contributed by atoms with Crippen molar-refractivity contribution >= 4 is 17.9 Å². The lowest BCUT2D eigenvalue weighted by molar-refractivity contribution is -0.167. The van der Waals surface area contributed by atoms with E-state index in [0.29, 0.717) is 19.3 Å². The highest BCUT2D eigenvalue weighted by atomic mass is 16.6. The number of carbonyl (C=O) groups excluding carboxylic acids is 3. The average molecular weight is 990 g/mol. The third-order valence-corrected chi connectivity index (χ3v) is 12.9. The highest BCUT2D eigenvalue weighted by Crippen LogP contribution is 2.15. The zero-order valence-corrected chi connectivity index (χ0v) is 46.7. The monoisotopic (exact) mass is 989 g/mol. The fraction of sp³-hybridized carbons (Fsp3) is 0.738. The summed E-state index contributed by atoms with van der Waals surface area (Å²) in [5.74, 6) is -0.903. The van der Waals surface area contributed by atoms with Gasteiger partial charge in [-0.25, -0.2) is 0 Å². The van der Waals surface area contributed by atoms with Crippen LogP contribution in [0.15, 0.2) is 85.1 Å². The number of rotatable bonds is 54. The van der Waals surface area contributed by atoms with Gasteiger partial charge in [-0.15, -0.1) is 0 Å². The zero-order valence-electron chi connectivity index (χ0n) is 46.7. The number of allylic oxidation sites excluding steroid dienone is 14. The van der Waals surface area contributed by atoms with Gasteiger partial charge in [0, 0.05) is 19.3 Å². The maximum Gasteiger partial charge on any atom is 0.306 e. The van der Waals surface area contributed by atoms with Crippen LogP contribution in [0.1, 0.15) is 290 Å². The molecule has 0 saturated heterocycles. The molecule has 0 aromatic rings. The van der Waals surface area contributed by atoms with Gasteiger partial charge in [0.1, 0.15) is 13.2 Å². The lowest BCUT2D eigenvalue weighted by Gasteiger charge is -2.18. The number of carbonyl (C=O) groups is 3. The SMILES string of the molecule is CC/C=C\C/C=C\C/C=C\CCCCCCCC(=O)OCC(COC(=O)CCCCCCCCCCC/C=C\C/C=C\CCCCC)OC(=O)CCCCCCCCCCC/C=C\C/C=C\CCCCC. The molecule has 6 nitrogen and oxygen atoms in total. The summed E-state index contributed by atoms with van der Waals surface area (Å²) in [4.78, 5) is 38.2. The lowest BCUT2D eigenvalue weighted by Crippen LogP contribution is -2.30. The second-order valence-corrected chi connectivity index (χ2v) is 19.9. The van der Waals surface area contributed by atoms with E-state index in [1.807, 2.05) is 0 Å². The molecule has 71 heavy (non-hydrogen) atoms. The molecule has 0 saturated carbocycles. The molecule has 0 rings (SSSR count). The molecule has 0 heterocycles. The van der Waals surface area contributed by atoms with Crippen LogP contribution in [-0.2, 0) is 28.6 Å². The number of hydrogen-bond acceptors (Lipinski definition) is 6. The molecule has 1 unspecified atom stereocenters. The zero-order chi connectivity index (χ0) is 51.4. The first-order valence-electron chi connectivity index (χ1n) is 30.1. The van der Waals surface area contributed by atoms with Crippen molar-refractivity contribution in [3.05, 3.63) is 85.1 Å². The molecule has 408 valence electrons. The maximum atomic E-state index is 12.9. The summed E-state index contributed by atoms with van der Waals surface area (Å²) in [5, 5.41) is 0. The van der Waals surface area contributed by atoms with E-state index in [2.05, 4.69) is 106 Å². The Hall–Kier alpha value is -3.41. The Balaban J connectivity index is 4.40. The van der Waals surface area contributed by atoms with E-state index >= 15 is 0 Å². The van der Waals surface area contributed by atoms with E-state index in [-0.39, 0.29) is 31.1 Å². The smallest absolute Gasteiger partial charge is 0.306 e. The summed E-state index contributed by atoms with van der Waals surface area (Å²) < 4.78 is 16.9. The van der Waals surface area contributed by atoms with Gasteiger partial charge in [0.05, 0.1) is 0 Å². The van der Waals surface area contributed by atoms with Gasteiger partial charge in [-0.3, -0.25) is 14.4 Å². The molecule has 0 radical (unpaired) electrons. The number of esters is 3. The molecule has 6 heteroatoms. The summed E-state index contributed by atoms with van der Waals surface area (Å²) in [5.41, 5.74) is 0. The minimum Gasteiger partial charge on any atom is -0.462 e. The van der Waals surface area contributed by atoms with Crippen molar-refractivity contribution in [2.24, 2.45) is 0 Å². The molecule has 0 fully saturated rings. The first-order chi connectivity index (χ1) is 35.0. The van der Waals surface area contributed by atoms with Gasteiger partial charge in [-0.05, 0) is 116 Å². The van der Waals surface area contributed by atoms with Crippen molar-refractivity contribution in [2.45, 2.75) is 297 Å². The van der Waals surface area contributed by atoms with Crippen molar-refractivity contribution in [1.82, 2.24) is 0 Å². The molecular formula is C65H112O6. The summed E-state index contributed by atoms with van der Waals surface area (Å²) in [6.45, 7) is 6.48. The van der Waals surface area contributed by atoms with Crippen LogP contribution in [0.25, 0.3) is 0 Å². The summed E-state index contributed by atoms with van der Waals surface area (Å²) in [6, 6.07) is 0. The molecule has 0 bridgehead atoms. The van der Waals surface area contributed by atoms with Crippen LogP contribution < -0.4 is 0 Å². The molecule has 0 N–H and O–H groups in total. The van der Waals surface area contributed by atoms with Crippen molar-refractivity contribution in [2.75, 3.05) is 13.2 Å². The van der Waals surface area contributed by atoms with Crippen LogP contribution in [0.3, 0.4) is 0 Å². The molecule has 0 amide bonds. The van der Waals surface area contributed by atoms with Gasteiger partial charge in [-0.2, -0.15) is 0 Å². The third kappa shape index (κ3) is 57.4. The van der Waals surface area contributed by atoms with Crippen LogP contribution in [0.2, 0.25) is 0 Å². The quantitative estimate of drug-likeness (QED) is 0.0261. The Kier molecular flexibility index (Phi) is 56.3. The predicted octanol–water partition coefficient (Wildman–Crippen LogP) is 20.3. The minimum absolute atomic E-state index is 0.0856. The van der Waals surface area contributed by atoms with E-state index in [9.17, 15) is 14.4 Å². The van der Waals surface area contributed by atoms with Gasteiger partial charge < -0.3 is 14.2 Å². The van der Waals surface area contributed by atoms with E-state index in [1.54, 1.807) is 0 Å². The van der Waals surface area contributed by atoms with E-state index in [1.165, 1.54) is 141 Å². The van der Waals surface area contributed by atoms with E-state index in [4.69, 9.17) is 14.2 Å². The van der Waals surface area contributed by atoms with Crippen LogP contribution in [0, 0.1) is 0 Å². The maximum absolute atomic E-state index is 12.9. The highest BCUT2D eigenvalue weighted by molar-refractivity contribution is 5.71. The number of unbranched alkanes of at least 4 members (excludes halogenated alkanes) is 29. The molecule has 1 atom stereocenters. The van der Waals surface area contributed by atoms with E-state index < -0.39 is 6.10 Å². The lowest BCUT2D eigenvalue weighted by atomic mass is 10.1. The Morgan fingerprint density at radius 3 is 0.859 bits per heavy atom. The molecule has 0 aromatic heterocycles. The molecule has 0 aliphatic carbocycles. The minimum atomic E-state index is -0.789. The molecule has 0 aromatic carbocycles. The van der Waals surface area contributed by atoms with Crippen molar-refractivity contribution in [3.63, 3.8) is 0 Å². The summed E-state index contributed by atoms with van der Waals surface area (Å²) in [7, 11) is 0. The summed E-state index contributed by atoms with van der Waals surface area (Å²) in [6.07, 6.45) is 77.1. The first kappa shape index (κ1) is 67.6. The van der Waals surface area contributed by atoms with Gasteiger partial charge in [0.15, 0.2) is 6.10 Å².